The Morgan fingerprint density at radius 1 is 1.18 bits per heavy atom. The number of aromatic hydroxyl groups is 1. The smallest absolute Gasteiger partial charge is 0.131 e. The van der Waals surface area contributed by atoms with E-state index in [1.54, 1.807) is 18.2 Å². The Kier molecular flexibility index (Phi) is 7.43. The van der Waals surface area contributed by atoms with Crippen LogP contribution in [0.4, 0.5) is 0 Å². The van der Waals surface area contributed by atoms with Crippen molar-refractivity contribution < 1.29 is 32.6 Å². The van der Waals surface area contributed by atoms with Gasteiger partial charge < -0.3 is 32.6 Å². The van der Waals surface area contributed by atoms with Gasteiger partial charge in [0.25, 0.3) is 0 Å². The number of aliphatic hydroxyl groups is 1. The highest BCUT2D eigenvalue weighted by Crippen LogP contribution is 2.24. The van der Waals surface area contributed by atoms with Gasteiger partial charge in [-0.2, -0.15) is 0 Å². The van der Waals surface area contributed by atoms with Crippen LogP contribution in [0.15, 0.2) is 24.3 Å². The molecular weight excluding hydrogens is 242 g/mol. The Morgan fingerprint density at radius 3 is 2.12 bits per heavy atom. The van der Waals surface area contributed by atoms with Crippen molar-refractivity contribution in [1.82, 2.24) is 0 Å². The maximum absolute atomic E-state index is 10.1. The molecule has 1 aromatic rings. The van der Waals surface area contributed by atoms with Crippen LogP contribution >= 0.6 is 0 Å². The second-order valence-electron chi connectivity index (χ2n) is 4.90. The van der Waals surface area contributed by atoms with Crippen molar-refractivity contribution >= 4 is 0 Å². The minimum atomic E-state index is -0.558. The van der Waals surface area contributed by atoms with Gasteiger partial charge >= 0.3 is 0 Å². The number of halogens is 1. The first-order valence-electron chi connectivity index (χ1n) is 5.10. The third-order valence-corrected chi connectivity index (χ3v) is 2.89. The molecule has 0 unspecified atom stereocenters. The van der Waals surface area contributed by atoms with Crippen molar-refractivity contribution in [1.29, 1.82) is 0 Å². The molecule has 0 aliphatic heterocycles. The number of rotatable bonds is 3. The molecule has 0 fully saturated rings. The zero-order chi connectivity index (χ0) is 11.6. The fraction of sp³-hybridized carbons (Fsp3) is 0.500. The normalized spacial score (nSPS) is 14.2. The monoisotopic (exact) mass is 263 g/mol. The average molecular weight is 264 g/mol. The van der Waals surface area contributed by atoms with E-state index in [-0.39, 0.29) is 29.7 Å². The van der Waals surface area contributed by atoms with Crippen LogP contribution in [0, 0.1) is 0 Å². The molecule has 5 heteroatoms. The van der Waals surface area contributed by atoms with Crippen molar-refractivity contribution in [3.8, 4) is 5.75 Å². The summed E-state index contributed by atoms with van der Waals surface area (Å²) in [7, 11) is 6.12. The summed E-state index contributed by atoms with van der Waals surface area (Å²) >= 11 is 0. The van der Waals surface area contributed by atoms with Gasteiger partial charge in [-0.25, -0.2) is 0 Å². The molecule has 0 aliphatic carbocycles. The number of aliphatic hydroxyl groups excluding tert-OH is 1. The fourth-order valence-corrected chi connectivity index (χ4v) is 1.41. The van der Waals surface area contributed by atoms with E-state index in [1.165, 1.54) is 0 Å². The fourth-order valence-electron chi connectivity index (χ4n) is 1.41. The van der Waals surface area contributed by atoms with Crippen LogP contribution in [0.1, 0.15) is 18.6 Å². The summed E-state index contributed by atoms with van der Waals surface area (Å²) in [4.78, 5) is 0. The first kappa shape index (κ1) is 18.6. The molecule has 17 heavy (non-hydrogen) atoms. The number of hydrogen-bond acceptors (Lipinski definition) is 2. The summed E-state index contributed by atoms with van der Waals surface area (Å²) in [5.41, 5.74) is 0.760. The number of hydrogen-bond donors (Lipinski definition) is 2. The molecule has 0 radical (unpaired) electrons. The second-order valence-corrected chi connectivity index (χ2v) is 4.90. The minimum absolute atomic E-state index is 0. The van der Waals surface area contributed by atoms with Crippen molar-refractivity contribution in [2.75, 3.05) is 21.1 Å². The summed E-state index contributed by atoms with van der Waals surface area (Å²) in [6, 6.07) is 6.86. The highest BCUT2D eigenvalue weighted by atomic mass is 35.5. The molecule has 0 heterocycles. The average Bonchev–Trinajstić information content (AvgIpc) is 2.14. The Morgan fingerprint density at radius 2 is 1.71 bits per heavy atom. The molecule has 0 saturated carbocycles. The van der Waals surface area contributed by atoms with Gasteiger partial charge in [0, 0.05) is 0 Å². The van der Waals surface area contributed by atoms with Crippen molar-refractivity contribution in [2.24, 2.45) is 0 Å². The largest absolute Gasteiger partial charge is 1.00 e. The molecule has 0 amide bonds. The first-order chi connectivity index (χ1) is 6.82. The summed E-state index contributed by atoms with van der Waals surface area (Å²) in [5.74, 6) is 0.195. The van der Waals surface area contributed by atoms with Crippen molar-refractivity contribution in [3.05, 3.63) is 29.8 Å². The van der Waals surface area contributed by atoms with Crippen molar-refractivity contribution in [2.45, 2.75) is 19.1 Å². The van der Waals surface area contributed by atoms with E-state index >= 15 is 0 Å². The first-order valence-corrected chi connectivity index (χ1v) is 5.10. The summed E-state index contributed by atoms with van der Waals surface area (Å²) in [6.45, 7) is 1.99. The van der Waals surface area contributed by atoms with E-state index < -0.39 is 6.10 Å². The third-order valence-electron chi connectivity index (χ3n) is 2.89. The van der Waals surface area contributed by atoms with E-state index in [0.717, 1.165) is 5.56 Å². The molecule has 0 aromatic heterocycles. The molecule has 0 saturated heterocycles. The van der Waals surface area contributed by atoms with E-state index in [1.807, 2.05) is 34.1 Å². The standard InChI is InChI=1S/C12H19NO2.ClH.H2O/c1-9(13(2,3)4)12(15)10-6-5-7-11(14)8-10;;/h5-9,12,15H,1-4H3;1H;1H2/t9-,12-;;/m0../s1. The molecule has 0 bridgehead atoms. The SMILES string of the molecule is C[C@@H]([C@H](O)c1cccc(O)c1)[N+](C)(C)C.O.[Cl-]. The van der Waals surface area contributed by atoms with Crippen LogP contribution in [-0.4, -0.2) is 47.4 Å². The maximum Gasteiger partial charge on any atom is 0.131 e. The number of nitrogens with zero attached hydrogens (tertiary/aromatic N) is 1. The summed E-state index contributed by atoms with van der Waals surface area (Å²) in [5, 5.41) is 19.5. The Bertz CT molecular complexity index is 339. The van der Waals surface area contributed by atoms with Gasteiger partial charge in [-0.1, -0.05) is 12.1 Å². The number of quaternary nitrogens is 1. The Labute approximate surface area is 109 Å². The molecule has 4 N–H and O–H groups in total. The highest BCUT2D eigenvalue weighted by molar-refractivity contribution is 5.28. The van der Waals surface area contributed by atoms with Gasteiger partial charge in [0.15, 0.2) is 0 Å². The number of phenolic OH excluding ortho intramolecular Hbond substituents is 1. The van der Waals surface area contributed by atoms with Crippen LogP contribution in [0.2, 0.25) is 0 Å². The molecular formula is C12H22ClNO3. The highest BCUT2D eigenvalue weighted by Gasteiger charge is 2.27. The lowest BCUT2D eigenvalue weighted by Crippen LogP contribution is -3.00. The van der Waals surface area contributed by atoms with Crippen LogP contribution in [0.3, 0.4) is 0 Å². The Hall–Kier alpha value is -0.810. The molecule has 1 aromatic carbocycles. The number of likely N-dealkylation sites (N-methyl/N-ethyl adjacent to an activating group) is 1. The van der Waals surface area contributed by atoms with E-state index in [0.29, 0.717) is 4.48 Å². The number of benzene rings is 1. The van der Waals surface area contributed by atoms with Gasteiger partial charge in [-0.3, -0.25) is 0 Å². The lowest BCUT2D eigenvalue weighted by Gasteiger charge is -2.34. The predicted octanol–water partition coefficient (Wildman–Crippen LogP) is -2.30. The van der Waals surface area contributed by atoms with Gasteiger partial charge in [-0.15, -0.1) is 0 Å². The molecule has 0 aliphatic rings. The van der Waals surface area contributed by atoms with Crippen LogP contribution in [0.25, 0.3) is 0 Å². The molecule has 0 spiro atoms. The molecule has 100 valence electrons. The van der Waals surface area contributed by atoms with E-state index in [2.05, 4.69) is 0 Å². The van der Waals surface area contributed by atoms with Crippen LogP contribution in [-0.2, 0) is 0 Å². The summed E-state index contributed by atoms with van der Waals surface area (Å²) < 4.78 is 0.677. The summed E-state index contributed by atoms with van der Waals surface area (Å²) in [6.07, 6.45) is -0.558. The topological polar surface area (TPSA) is 72.0 Å². The van der Waals surface area contributed by atoms with Gasteiger partial charge in [0.05, 0.1) is 21.1 Å². The second kappa shape index (κ2) is 6.81. The van der Waals surface area contributed by atoms with E-state index in [9.17, 15) is 10.2 Å². The van der Waals surface area contributed by atoms with Gasteiger partial charge in [0.2, 0.25) is 0 Å². The van der Waals surface area contributed by atoms with Crippen LogP contribution in [0.5, 0.6) is 5.75 Å². The molecule has 1 rings (SSSR count). The predicted molar refractivity (Wildman–Crippen MR) is 64.2 cm³/mol. The molecule has 2 atom stereocenters. The lowest BCUT2D eigenvalue weighted by atomic mass is 10.0. The van der Waals surface area contributed by atoms with Crippen LogP contribution < -0.4 is 12.4 Å². The number of phenols is 1. The van der Waals surface area contributed by atoms with E-state index in [4.69, 9.17) is 0 Å². The molecule has 4 nitrogen and oxygen atoms in total. The third kappa shape index (κ3) is 4.91. The maximum atomic E-state index is 10.1. The van der Waals surface area contributed by atoms with Gasteiger partial charge in [0.1, 0.15) is 17.9 Å². The quantitative estimate of drug-likeness (QED) is 0.602. The Balaban J connectivity index is 0. The zero-order valence-electron chi connectivity index (χ0n) is 10.7. The zero-order valence-corrected chi connectivity index (χ0v) is 11.4. The lowest BCUT2D eigenvalue weighted by molar-refractivity contribution is -0.898. The van der Waals surface area contributed by atoms with Gasteiger partial charge in [-0.05, 0) is 24.6 Å². The minimum Gasteiger partial charge on any atom is -1.00 e. The van der Waals surface area contributed by atoms with Crippen molar-refractivity contribution in [3.63, 3.8) is 0 Å².